The first kappa shape index (κ1) is 18.4. The van der Waals surface area contributed by atoms with Crippen LogP contribution in [0.4, 0.5) is 0 Å². The van der Waals surface area contributed by atoms with Crippen molar-refractivity contribution in [3.05, 3.63) is 70.0 Å². The van der Waals surface area contributed by atoms with Gasteiger partial charge >= 0.3 is 0 Å². The van der Waals surface area contributed by atoms with Crippen LogP contribution < -0.4 is 4.74 Å². The van der Waals surface area contributed by atoms with Crippen molar-refractivity contribution >= 4 is 11.4 Å². The van der Waals surface area contributed by atoms with Crippen molar-refractivity contribution in [1.29, 1.82) is 0 Å². The molecule has 0 radical (unpaired) electrons. The molecule has 29 heavy (non-hydrogen) atoms. The molecular formula is C25H26O4. The molecule has 2 aromatic rings. The van der Waals surface area contributed by atoms with E-state index in [-0.39, 0.29) is 41.5 Å². The first-order valence-corrected chi connectivity index (χ1v) is 10.3. The number of Topliss-reactive ketones (excluding diaryl/α,β-unsaturated/α-hetero) is 1. The fourth-order valence-corrected chi connectivity index (χ4v) is 5.96. The number of methoxy groups -OCH3 is 1. The van der Waals surface area contributed by atoms with Gasteiger partial charge in [-0.1, -0.05) is 35.9 Å². The van der Waals surface area contributed by atoms with Gasteiger partial charge in [0.15, 0.2) is 5.78 Å². The van der Waals surface area contributed by atoms with E-state index in [0.717, 1.165) is 40.0 Å². The summed E-state index contributed by atoms with van der Waals surface area (Å²) in [6.07, 6.45) is 0.427. The molecule has 0 amide bonds. The largest absolute Gasteiger partial charge is 0.511 e. The zero-order valence-electron chi connectivity index (χ0n) is 17.2. The number of benzene rings is 2. The molecule has 0 spiro atoms. The van der Waals surface area contributed by atoms with Gasteiger partial charge in [0, 0.05) is 5.92 Å². The Morgan fingerprint density at radius 1 is 1.07 bits per heavy atom. The van der Waals surface area contributed by atoms with E-state index in [0.29, 0.717) is 5.57 Å². The number of aliphatic hydroxyl groups excluding tert-OH is 1. The van der Waals surface area contributed by atoms with Crippen molar-refractivity contribution in [3.63, 3.8) is 0 Å². The molecule has 0 unspecified atom stereocenters. The van der Waals surface area contributed by atoms with Crippen LogP contribution in [0.25, 0.3) is 5.57 Å². The van der Waals surface area contributed by atoms with Crippen LogP contribution in [0.5, 0.6) is 5.75 Å². The van der Waals surface area contributed by atoms with Gasteiger partial charge in [-0.15, -0.1) is 0 Å². The van der Waals surface area contributed by atoms with E-state index in [1.165, 1.54) is 0 Å². The monoisotopic (exact) mass is 390 g/mol. The summed E-state index contributed by atoms with van der Waals surface area (Å²) in [5, 5.41) is 11.3. The number of carbonyl (C=O) groups is 1. The number of allylic oxidation sites excluding steroid dienone is 1. The van der Waals surface area contributed by atoms with Crippen LogP contribution in [-0.2, 0) is 9.53 Å². The van der Waals surface area contributed by atoms with Gasteiger partial charge in [0.05, 0.1) is 36.7 Å². The summed E-state index contributed by atoms with van der Waals surface area (Å²) < 4.78 is 11.8. The van der Waals surface area contributed by atoms with Crippen molar-refractivity contribution in [1.82, 2.24) is 0 Å². The van der Waals surface area contributed by atoms with Crippen LogP contribution in [0.1, 0.15) is 40.2 Å². The Morgan fingerprint density at radius 3 is 2.45 bits per heavy atom. The summed E-state index contributed by atoms with van der Waals surface area (Å²) >= 11 is 0. The van der Waals surface area contributed by atoms with E-state index in [4.69, 9.17) is 9.47 Å². The lowest BCUT2D eigenvalue weighted by atomic mass is 9.72. The molecule has 3 aliphatic rings. The lowest BCUT2D eigenvalue weighted by Gasteiger charge is -2.28. The average Bonchev–Trinajstić information content (AvgIpc) is 3.34. The highest BCUT2D eigenvalue weighted by molar-refractivity contribution is 6.26. The second-order valence-electron chi connectivity index (χ2n) is 8.67. The van der Waals surface area contributed by atoms with Crippen LogP contribution in [0.2, 0.25) is 0 Å². The first-order valence-electron chi connectivity index (χ1n) is 10.3. The van der Waals surface area contributed by atoms with Crippen LogP contribution >= 0.6 is 0 Å². The highest BCUT2D eigenvalue weighted by atomic mass is 16.5. The number of aliphatic hydroxyl groups is 1. The molecule has 2 bridgehead atoms. The Labute approximate surface area is 171 Å². The lowest BCUT2D eigenvalue weighted by Crippen LogP contribution is -2.33. The molecule has 5 atom stereocenters. The smallest absolute Gasteiger partial charge is 0.173 e. The van der Waals surface area contributed by atoms with Gasteiger partial charge in [0.25, 0.3) is 0 Å². The number of ketones is 1. The van der Waals surface area contributed by atoms with Crippen molar-refractivity contribution in [2.24, 2.45) is 11.8 Å². The molecule has 1 N–H and O–H groups in total. The minimum atomic E-state index is -0.277. The SMILES string of the molecule is COc1ccccc1[C@@H]1C[C@@H]2O[C@H]1[C@H]1C(O)=C(c3c(C)cc(C)cc3C)C(=O)[C@H]12. The Morgan fingerprint density at radius 2 is 1.76 bits per heavy atom. The molecule has 2 aromatic carbocycles. The maximum absolute atomic E-state index is 13.4. The normalized spacial score (nSPS) is 30.2. The molecule has 4 heteroatoms. The maximum atomic E-state index is 13.4. The molecule has 150 valence electrons. The molecule has 2 fully saturated rings. The predicted molar refractivity (Wildman–Crippen MR) is 111 cm³/mol. The Balaban J connectivity index is 1.58. The number of para-hydroxylation sites is 1. The van der Waals surface area contributed by atoms with Crippen LogP contribution in [0.3, 0.4) is 0 Å². The van der Waals surface area contributed by atoms with Gasteiger partial charge in [0.1, 0.15) is 11.5 Å². The number of aryl methyl sites for hydroxylation is 3. The summed E-state index contributed by atoms with van der Waals surface area (Å²) in [6.45, 7) is 6.08. The minimum absolute atomic E-state index is 0.0357. The van der Waals surface area contributed by atoms with Crippen molar-refractivity contribution in [2.45, 2.75) is 45.3 Å². The molecule has 5 rings (SSSR count). The van der Waals surface area contributed by atoms with Gasteiger partial charge in [-0.2, -0.15) is 0 Å². The fourth-order valence-electron chi connectivity index (χ4n) is 5.96. The van der Waals surface area contributed by atoms with Crippen molar-refractivity contribution in [2.75, 3.05) is 7.11 Å². The summed E-state index contributed by atoms with van der Waals surface area (Å²) in [5.74, 6) is 0.651. The fraction of sp³-hybridized carbons (Fsp3) is 0.400. The molecule has 1 aliphatic carbocycles. The number of carbonyl (C=O) groups excluding carboxylic acids is 1. The van der Waals surface area contributed by atoms with E-state index in [1.54, 1.807) is 7.11 Å². The second kappa shape index (κ2) is 6.46. The Hall–Kier alpha value is -2.59. The summed E-state index contributed by atoms with van der Waals surface area (Å²) in [7, 11) is 1.67. The van der Waals surface area contributed by atoms with Crippen LogP contribution in [-0.4, -0.2) is 30.2 Å². The van der Waals surface area contributed by atoms with E-state index < -0.39 is 0 Å². The third kappa shape index (κ3) is 2.52. The summed E-state index contributed by atoms with van der Waals surface area (Å²) in [6, 6.07) is 12.1. The second-order valence-corrected chi connectivity index (χ2v) is 8.67. The zero-order chi connectivity index (χ0) is 20.4. The average molecular weight is 390 g/mol. The van der Waals surface area contributed by atoms with Gasteiger partial charge in [0.2, 0.25) is 0 Å². The molecule has 2 heterocycles. The number of fused-ring (bicyclic) bond motifs is 5. The Bertz CT molecular complexity index is 1030. The van der Waals surface area contributed by atoms with Gasteiger partial charge in [-0.3, -0.25) is 4.79 Å². The standard InChI is InChI=1S/C25H26O4/c1-12-9-13(2)19(14(3)10-12)21-23(26)20-18-11-16(25(29-18)22(20)24(21)27)15-7-5-6-8-17(15)28-4/h5-10,16,18,20,22,25,27H,11H2,1-4H3/t16-,18-,20-,22+,25+/m0/s1. The number of ether oxygens (including phenoxy) is 2. The third-order valence-corrected chi connectivity index (χ3v) is 6.94. The number of hydrogen-bond donors (Lipinski definition) is 1. The van der Waals surface area contributed by atoms with E-state index in [2.05, 4.69) is 25.1 Å². The lowest BCUT2D eigenvalue weighted by molar-refractivity contribution is -0.118. The van der Waals surface area contributed by atoms with Crippen LogP contribution in [0, 0.1) is 32.6 Å². The van der Waals surface area contributed by atoms with E-state index in [1.807, 2.05) is 32.0 Å². The summed E-state index contributed by atoms with van der Waals surface area (Å²) in [5.41, 5.74) is 5.72. The molecular weight excluding hydrogens is 364 g/mol. The predicted octanol–water partition coefficient (Wildman–Crippen LogP) is 4.66. The van der Waals surface area contributed by atoms with Gasteiger partial charge < -0.3 is 14.6 Å². The summed E-state index contributed by atoms with van der Waals surface area (Å²) in [4.78, 5) is 13.4. The van der Waals surface area contributed by atoms with Crippen molar-refractivity contribution in [3.8, 4) is 5.75 Å². The minimum Gasteiger partial charge on any atom is -0.511 e. The van der Waals surface area contributed by atoms with Gasteiger partial charge in [-0.05, 0) is 55.5 Å². The van der Waals surface area contributed by atoms with Gasteiger partial charge in [-0.25, -0.2) is 0 Å². The third-order valence-electron chi connectivity index (χ3n) is 6.94. The molecule has 0 saturated carbocycles. The number of rotatable bonds is 3. The van der Waals surface area contributed by atoms with E-state index in [9.17, 15) is 9.90 Å². The first-order chi connectivity index (χ1) is 13.9. The topological polar surface area (TPSA) is 55.8 Å². The highest BCUT2D eigenvalue weighted by Gasteiger charge is 2.62. The molecule has 4 nitrogen and oxygen atoms in total. The maximum Gasteiger partial charge on any atom is 0.173 e. The van der Waals surface area contributed by atoms with Crippen LogP contribution in [0.15, 0.2) is 42.2 Å². The van der Waals surface area contributed by atoms with Crippen molar-refractivity contribution < 1.29 is 19.4 Å². The quantitative estimate of drug-likeness (QED) is 0.828. The Kier molecular flexibility index (Phi) is 4.11. The molecule has 2 saturated heterocycles. The van der Waals surface area contributed by atoms with E-state index >= 15 is 0 Å². The molecule has 2 aliphatic heterocycles. The highest BCUT2D eigenvalue weighted by Crippen LogP contribution is 2.59. The molecule has 0 aromatic heterocycles. The number of hydrogen-bond acceptors (Lipinski definition) is 4. The zero-order valence-corrected chi connectivity index (χ0v) is 17.2.